The summed E-state index contributed by atoms with van der Waals surface area (Å²) in [5.41, 5.74) is -0.0111. The minimum absolute atomic E-state index is 0.0111. The largest absolute Gasteiger partial charge is 0.396 e. The Bertz CT molecular complexity index is 160. The highest BCUT2D eigenvalue weighted by Crippen LogP contribution is 2.17. The highest BCUT2D eigenvalue weighted by molar-refractivity contribution is 7.99. The van der Waals surface area contributed by atoms with E-state index in [2.05, 4.69) is 5.32 Å². The van der Waals surface area contributed by atoms with Crippen molar-refractivity contribution in [3.63, 3.8) is 0 Å². The third-order valence-corrected chi connectivity index (χ3v) is 2.38. The number of nitrogens with one attached hydrogen (secondary N) is 1. The van der Waals surface area contributed by atoms with Gasteiger partial charge in [-0.05, 0) is 18.1 Å². The van der Waals surface area contributed by atoms with Crippen molar-refractivity contribution in [2.75, 3.05) is 25.2 Å². The summed E-state index contributed by atoms with van der Waals surface area (Å²) in [5, 5.41) is 11.6. The van der Waals surface area contributed by atoms with Crippen molar-refractivity contribution >= 4 is 17.7 Å². The molecule has 0 saturated heterocycles. The van der Waals surface area contributed by atoms with Gasteiger partial charge in [0.05, 0.1) is 5.75 Å². The van der Waals surface area contributed by atoms with Gasteiger partial charge in [0.1, 0.15) is 0 Å². The van der Waals surface area contributed by atoms with Crippen LogP contribution in [-0.4, -0.2) is 36.2 Å². The summed E-state index contributed by atoms with van der Waals surface area (Å²) >= 11 is 1.51. The van der Waals surface area contributed by atoms with Crippen LogP contribution in [0.1, 0.15) is 20.3 Å². The van der Waals surface area contributed by atoms with E-state index in [1.807, 2.05) is 20.1 Å². The van der Waals surface area contributed by atoms with Gasteiger partial charge >= 0.3 is 0 Å². The van der Waals surface area contributed by atoms with Gasteiger partial charge in [-0.25, -0.2) is 0 Å². The zero-order valence-electron chi connectivity index (χ0n) is 8.59. The van der Waals surface area contributed by atoms with Crippen LogP contribution in [0.25, 0.3) is 0 Å². The predicted molar refractivity (Wildman–Crippen MR) is 56.9 cm³/mol. The molecule has 78 valence electrons. The van der Waals surface area contributed by atoms with Gasteiger partial charge < -0.3 is 10.4 Å². The van der Waals surface area contributed by atoms with Crippen LogP contribution in [0.3, 0.4) is 0 Å². The molecule has 0 aliphatic rings. The number of carbonyl (C=O) groups is 1. The van der Waals surface area contributed by atoms with Gasteiger partial charge in [0.25, 0.3) is 0 Å². The molecule has 0 spiro atoms. The van der Waals surface area contributed by atoms with E-state index in [0.717, 1.165) is 0 Å². The monoisotopic (exact) mass is 205 g/mol. The van der Waals surface area contributed by atoms with Crippen LogP contribution in [-0.2, 0) is 4.79 Å². The lowest BCUT2D eigenvalue weighted by molar-refractivity contribution is -0.119. The fourth-order valence-corrected chi connectivity index (χ4v) is 1.28. The molecule has 0 atom stereocenters. The highest BCUT2D eigenvalue weighted by atomic mass is 32.2. The Hall–Kier alpha value is -0.220. The first-order valence-electron chi connectivity index (χ1n) is 4.38. The van der Waals surface area contributed by atoms with E-state index in [-0.39, 0.29) is 17.9 Å². The molecule has 0 aliphatic carbocycles. The molecule has 0 rings (SSSR count). The maximum Gasteiger partial charge on any atom is 0.230 e. The molecule has 13 heavy (non-hydrogen) atoms. The Morgan fingerprint density at radius 1 is 1.54 bits per heavy atom. The van der Waals surface area contributed by atoms with Crippen LogP contribution in [0.2, 0.25) is 0 Å². The minimum atomic E-state index is -0.0111. The second-order valence-electron chi connectivity index (χ2n) is 3.85. The number of amides is 1. The van der Waals surface area contributed by atoms with Gasteiger partial charge in [-0.3, -0.25) is 4.79 Å². The first-order valence-corrected chi connectivity index (χ1v) is 5.78. The molecule has 0 aromatic heterocycles. The molecule has 0 aromatic carbocycles. The smallest absolute Gasteiger partial charge is 0.230 e. The van der Waals surface area contributed by atoms with Crippen molar-refractivity contribution in [3.8, 4) is 0 Å². The lowest BCUT2D eigenvalue weighted by atomic mass is 9.90. The van der Waals surface area contributed by atoms with E-state index in [4.69, 9.17) is 5.11 Å². The number of aliphatic hydroxyl groups is 1. The molecule has 1 amide bonds. The first kappa shape index (κ1) is 12.8. The quantitative estimate of drug-likeness (QED) is 0.676. The molecule has 0 heterocycles. The molecule has 0 saturated carbocycles. The molecule has 0 unspecified atom stereocenters. The van der Waals surface area contributed by atoms with Crippen molar-refractivity contribution in [2.24, 2.45) is 5.41 Å². The molecule has 0 aromatic rings. The van der Waals surface area contributed by atoms with Crippen LogP contribution in [0.4, 0.5) is 0 Å². The fraction of sp³-hybridized carbons (Fsp3) is 0.889. The zero-order valence-corrected chi connectivity index (χ0v) is 9.41. The van der Waals surface area contributed by atoms with Gasteiger partial charge in [-0.2, -0.15) is 11.8 Å². The number of hydrogen-bond acceptors (Lipinski definition) is 3. The Balaban J connectivity index is 3.67. The highest BCUT2D eigenvalue weighted by Gasteiger charge is 2.17. The van der Waals surface area contributed by atoms with Gasteiger partial charge in [0.2, 0.25) is 5.91 Å². The fourth-order valence-electron chi connectivity index (χ4n) is 0.911. The van der Waals surface area contributed by atoms with E-state index in [0.29, 0.717) is 18.7 Å². The molecule has 0 aliphatic heterocycles. The Labute approximate surface area is 84.3 Å². The third-order valence-electron chi connectivity index (χ3n) is 1.83. The molecular weight excluding hydrogens is 186 g/mol. The second kappa shape index (κ2) is 6.27. The molecule has 2 N–H and O–H groups in total. The van der Waals surface area contributed by atoms with Gasteiger partial charge in [0, 0.05) is 13.2 Å². The minimum Gasteiger partial charge on any atom is -0.396 e. The first-order chi connectivity index (χ1) is 6.02. The summed E-state index contributed by atoms with van der Waals surface area (Å²) < 4.78 is 0. The summed E-state index contributed by atoms with van der Waals surface area (Å²) in [4.78, 5) is 11.1. The van der Waals surface area contributed by atoms with Crippen molar-refractivity contribution in [1.29, 1.82) is 0 Å². The molecule has 0 radical (unpaired) electrons. The normalized spacial score (nSPS) is 11.4. The van der Waals surface area contributed by atoms with Crippen molar-refractivity contribution in [1.82, 2.24) is 5.32 Å². The third kappa shape index (κ3) is 6.90. The van der Waals surface area contributed by atoms with E-state index < -0.39 is 0 Å². The second-order valence-corrected chi connectivity index (χ2v) is 4.71. The summed E-state index contributed by atoms with van der Waals surface area (Å²) in [6.45, 7) is 4.86. The van der Waals surface area contributed by atoms with Gasteiger partial charge in [-0.15, -0.1) is 0 Å². The molecule has 4 heteroatoms. The lowest BCUT2D eigenvalue weighted by Gasteiger charge is -2.23. The summed E-state index contributed by atoms with van der Waals surface area (Å²) in [6, 6.07) is 0. The average molecular weight is 205 g/mol. The molecule has 3 nitrogen and oxygen atoms in total. The van der Waals surface area contributed by atoms with Crippen molar-refractivity contribution in [3.05, 3.63) is 0 Å². The Morgan fingerprint density at radius 2 is 2.15 bits per heavy atom. The van der Waals surface area contributed by atoms with Crippen LogP contribution in [0.15, 0.2) is 0 Å². The van der Waals surface area contributed by atoms with Crippen LogP contribution in [0, 0.1) is 5.41 Å². The van der Waals surface area contributed by atoms with E-state index in [1.54, 1.807) is 0 Å². The van der Waals surface area contributed by atoms with Crippen LogP contribution < -0.4 is 5.32 Å². The SMILES string of the molecule is CSCC(=O)NCC(C)(C)CCO. The number of hydrogen-bond donors (Lipinski definition) is 2. The molecule has 0 fully saturated rings. The predicted octanol–water partition coefficient (Wildman–Crippen LogP) is 0.874. The van der Waals surface area contributed by atoms with Crippen LogP contribution >= 0.6 is 11.8 Å². The van der Waals surface area contributed by atoms with Gasteiger partial charge in [0.15, 0.2) is 0 Å². The summed E-state index contributed by atoms with van der Waals surface area (Å²) in [5.74, 6) is 0.577. The number of rotatable bonds is 6. The summed E-state index contributed by atoms with van der Waals surface area (Å²) in [6.07, 6.45) is 2.62. The zero-order chi connectivity index (χ0) is 10.3. The van der Waals surface area contributed by atoms with Crippen molar-refractivity contribution in [2.45, 2.75) is 20.3 Å². The number of thioether (sulfide) groups is 1. The Morgan fingerprint density at radius 3 is 2.62 bits per heavy atom. The maximum absolute atomic E-state index is 11.1. The average Bonchev–Trinajstić information content (AvgIpc) is 2.02. The van der Waals surface area contributed by atoms with E-state index in [1.165, 1.54) is 11.8 Å². The topological polar surface area (TPSA) is 49.3 Å². The van der Waals surface area contributed by atoms with Gasteiger partial charge in [-0.1, -0.05) is 13.8 Å². The Kier molecular flexibility index (Phi) is 6.16. The summed E-state index contributed by atoms with van der Waals surface area (Å²) in [7, 11) is 0. The standard InChI is InChI=1S/C9H19NO2S/c1-9(2,4-5-11)7-10-8(12)6-13-3/h11H,4-7H2,1-3H3,(H,10,12). The lowest BCUT2D eigenvalue weighted by Crippen LogP contribution is -2.35. The number of carbonyl (C=O) groups excluding carboxylic acids is 1. The van der Waals surface area contributed by atoms with E-state index in [9.17, 15) is 4.79 Å². The number of aliphatic hydroxyl groups excluding tert-OH is 1. The van der Waals surface area contributed by atoms with E-state index >= 15 is 0 Å². The molecular formula is C9H19NO2S. The van der Waals surface area contributed by atoms with Crippen LogP contribution in [0.5, 0.6) is 0 Å². The molecule has 0 bridgehead atoms. The van der Waals surface area contributed by atoms with Crippen molar-refractivity contribution < 1.29 is 9.90 Å². The maximum atomic E-state index is 11.1.